The fourth-order valence-electron chi connectivity index (χ4n) is 5.46. The van der Waals surface area contributed by atoms with Gasteiger partial charge in [-0.25, -0.2) is 23.4 Å². The van der Waals surface area contributed by atoms with E-state index >= 15 is 0 Å². The first kappa shape index (κ1) is 31.5. The molecule has 3 aromatic rings. The van der Waals surface area contributed by atoms with E-state index in [1.807, 2.05) is 25.7 Å². The van der Waals surface area contributed by atoms with Gasteiger partial charge in [-0.05, 0) is 90.9 Å². The average Bonchev–Trinajstić information content (AvgIpc) is 3.19. The van der Waals surface area contributed by atoms with E-state index in [0.29, 0.717) is 12.1 Å². The zero-order valence-electron chi connectivity index (χ0n) is 24.6. The summed E-state index contributed by atoms with van der Waals surface area (Å²) in [6.07, 6.45) is 6.89. The summed E-state index contributed by atoms with van der Waals surface area (Å²) in [5, 5.41) is 0. The van der Waals surface area contributed by atoms with E-state index in [9.17, 15) is 36.1 Å². The van der Waals surface area contributed by atoms with Crippen molar-refractivity contribution in [3.8, 4) is 0 Å². The molecule has 232 valence electrons. The molecule has 12 heteroatoms. The molecule has 1 saturated heterocycles. The molecule has 2 aliphatic rings. The first-order valence-electron chi connectivity index (χ1n) is 14.0. The van der Waals surface area contributed by atoms with Crippen LogP contribution < -0.4 is 14.7 Å². The molecule has 1 N–H and O–H groups in total. The summed E-state index contributed by atoms with van der Waals surface area (Å²) >= 11 is 0. The van der Waals surface area contributed by atoms with Gasteiger partial charge < -0.3 is 4.90 Å². The van der Waals surface area contributed by atoms with Gasteiger partial charge in [0, 0.05) is 23.3 Å². The van der Waals surface area contributed by atoms with E-state index in [2.05, 4.69) is 0 Å². The summed E-state index contributed by atoms with van der Waals surface area (Å²) in [6.45, 7) is 6.43. The molecule has 0 aromatic heterocycles. The van der Waals surface area contributed by atoms with Crippen LogP contribution in [-0.2, 0) is 25.1 Å². The fourth-order valence-corrected chi connectivity index (χ4v) is 5.97. The first-order valence-corrected chi connectivity index (χ1v) is 15.4. The van der Waals surface area contributed by atoms with Crippen LogP contribution in [0.2, 0.25) is 0 Å². The number of fused-ring (bicyclic) bond motifs is 1. The highest BCUT2D eigenvalue weighted by Crippen LogP contribution is 2.48. The number of rotatable bonds is 7. The Hall–Kier alpha value is -4.94. The number of halogens is 2. The molecule has 45 heavy (non-hydrogen) atoms. The molecule has 0 radical (unpaired) electrons. The summed E-state index contributed by atoms with van der Waals surface area (Å²) in [4.78, 5) is 43.8. The number of carbonyl (C=O) groups excluding carboxylic acids is 3. The highest BCUT2D eigenvalue weighted by Gasteiger charge is 2.44. The van der Waals surface area contributed by atoms with Crippen LogP contribution >= 0.6 is 0 Å². The first-order chi connectivity index (χ1) is 21.3. The Bertz CT molecular complexity index is 1830. The van der Waals surface area contributed by atoms with Crippen LogP contribution in [0.4, 0.5) is 30.6 Å². The zero-order valence-corrected chi connectivity index (χ0v) is 25.4. The third-order valence-corrected chi connectivity index (χ3v) is 8.51. The van der Waals surface area contributed by atoms with Gasteiger partial charge in [-0.3, -0.25) is 14.1 Å². The lowest BCUT2D eigenvalue weighted by Gasteiger charge is -2.33. The predicted molar refractivity (Wildman–Crippen MR) is 165 cm³/mol. The number of hydrogen-bond donors (Lipinski definition) is 1. The van der Waals surface area contributed by atoms with E-state index in [-0.39, 0.29) is 21.8 Å². The number of anilines is 3. The van der Waals surface area contributed by atoms with Crippen molar-refractivity contribution in [3.63, 3.8) is 0 Å². The number of amides is 4. The molecule has 5 rings (SSSR count). The third kappa shape index (κ3) is 5.81. The Labute approximate surface area is 259 Å². The van der Waals surface area contributed by atoms with Gasteiger partial charge in [-0.2, -0.15) is 8.42 Å². The Morgan fingerprint density at radius 2 is 1.31 bits per heavy atom. The van der Waals surface area contributed by atoms with E-state index < -0.39 is 45.0 Å². The van der Waals surface area contributed by atoms with Crippen molar-refractivity contribution >= 4 is 45.0 Å². The van der Waals surface area contributed by atoms with Gasteiger partial charge in [0.1, 0.15) is 17.2 Å². The number of benzene rings is 3. The molecule has 0 atom stereocenters. The van der Waals surface area contributed by atoms with Gasteiger partial charge in [-0.15, -0.1) is 0 Å². The monoisotopic (exact) mass is 633 g/mol. The Balaban J connectivity index is 1.54. The largest absolute Gasteiger partial charge is 0.344 e. The van der Waals surface area contributed by atoms with Crippen molar-refractivity contribution in [2.24, 2.45) is 0 Å². The normalized spacial score (nSPS) is 17.6. The predicted octanol–water partition coefficient (Wildman–Crippen LogP) is 6.29. The standard InChI is InChI=1S/C33H29F2N3O6S/c1-4-19-36-28-18-17-25(45(42,43)44)20-27(28)33(2,3)29(36)8-6-5-7-26-30(39)37(23-13-9-21(34)10-14-23)32(41)38(31(26)40)24-15-11-22(35)12-16-24/h5-18,20H,4,19H2,1-3H3,(H,42,43,44)/b6-5+,29-8+. The van der Waals surface area contributed by atoms with Crippen molar-refractivity contribution in [2.45, 2.75) is 37.5 Å². The number of allylic oxidation sites excluding steroid dienone is 5. The van der Waals surface area contributed by atoms with Crippen molar-refractivity contribution < 1.29 is 36.1 Å². The maximum atomic E-state index is 13.6. The SMILES string of the molecule is CCCN1/C(=C/C=C/C=C2C(=O)N(c3ccc(F)cc3)C(=O)N(c3ccc(F)cc3)C2=O)C(C)(C)c2cc(S(=O)(=O)O)ccc21. The molecule has 1 fully saturated rings. The van der Waals surface area contributed by atoms with Crippen LogP contribution in [0, 0.1) is 11.6 Å². The molecule has 0 unspecified atom stereocenters. The second kappa shape index (κ2) is 11.9. The number of urea groups is 1. The molecule has 0 saturated carbocycles. The van der Waals surface area contributed by atoms with E-state index in [1.165, 1.54) is 48.6 Å². The molecular formula is C33H29F2N3O6S. The molecule has 3 aromatic carbocycles. The van der Waals surface area contributed by atoms with Gasteiger partial charge in [0.15, 0.2) is 0 Å². The lowest BCUT2D eigenvalue weighted by atomic mass is 9.83. The molecular weight excluding hydrogens is 604 g/mol. The molecule has 4 amide bonds. The smallest absolute Gasteiger partial charge is 0.343 e. The maximum absolute atomic E-state index is 13.6. The van der Waals surface area contributed by atoms with Crippen LogP contribution in [0.1, 0.15) is 32.8 Å². The summed E-state index contributed by atoms with van der Waals surface area (Å²) < 4.78 is 60.5. The molecule has 2 aliphatic heterocycles. The quantitative estimate of drug-likeness (QED) is 0.185. The Kier molecular flexibility index (Phi) is 8.30. The summed E-state index contributed by atoms with van der Waals surface area (Å²) in [5.41, 5.74) is 1.32. The lowest BCUT2D eigenvalue weighted by Crippen LogP contribution is -2.57. The molecule has 9 nitrogen and oxygen atoms in total. The van der Waals surface area contributed by atoms with Crippen molar-refractivity contribution in [3.05, 3.63) is 120 Å². The highest BCUT2D eigenvalue weighted by atomic mass is 32.2. The maximum Gasteiger partial charge on any atom is 0.343 e. The van der Waals surface area contributed by atoms with Gasteiger partial charge in [0.05, 0.1) is 16.3 Å². The average molecular weight is 634 g/mol. The second-order valence-electron chi connectivity index (χ2n) is 11.0. The van der Waals surface area contributed by atoms with E-state index in [1.54, 1.807) is 18.2 Å². The minimum Gasteiger partial charge on any atom is -0.344 e. The Morgan fingerprint density at radius 1 is 0.800 bits per heavy atom. The molecule has 0 spiro atoms. The highest BCUT2D eigenvalue weighted by molar-refractivity contribution is 7.85. The second-order valence-corrected chi connectivity index (χ2v) is 12.4. The summed E-state index contributed by atoms with van der Waals surface area (Å²) in [6, 6.07) is 12.7. The minimum atomic E-state index is -4.42. The number of imide groups is 2. The molecule has 0 bridgehead atoms. The third-order valence-electron chi connectivity index (χ3n) is 7.66. The zero-order chi connectivity index (χ0) is 32.7. The number of hydrogen-bond acceptors (Lipinski definition) is 6. The number of carbonyl (C=O) groups is 3. The lowest BCUT2D eigenvalue weighted by molar-refractivity contribution is -0.121. The van der Waals surface area contributed by atoms with Gasteiger partial charge in [-0.1, -0.05) is 32.9 Å². The minimum absolute atomic E-state index is 0.0351. The number of nitrogens with zero attached hydrogens (tertiary/aromatic N) is 3. The van der Waals surface area contributed by atoms with Gasteiger partial charge in [0.2, 0.25) is 0 Å². The van der Waals surface area contributed by atoms with E-state index in [4.69, 9.17) is 0 Å². The number of barbiturate groups is 1. The Morgan fingerprint density at radius 3 is 1.80 bits per heavy atom. The van der Waals surface area contributed by atoms with Crippen LogP contribution in [0.25, 0.3) is 0 Å². The summed E-state index contributed by atoms with van der Waals surface area (Å²) in [7, 11) is -4.42. The fraction of sp³-hybridized carbons (Fsp3) is 0.182. The van der Waals surface area contributed by atoms with Gasteiger partial charge >= 0.3 is 6.03 Å². The summed E-state index contributed by atoms with van der Waals surface area (Å²) in [5.74, 6) is -3.02. The van der Waals surface area contributed by atoms with Crippen LogP contribution in [0.15, 0.2) is 107 Å². The van der Waals surface area contributed by atoms with Crippen LogP contribution in [0.3, 0.4) is 0 Å². The van der Waals surface area contributed by atoms with Crippen molar-refractivity contribution in [1.29, 1.82) is 0 Å². The van der Waals surface area contributed by atoms with Crippen LogP contribution in [-0.4, -0.2) is 37.4 Å². The van der Waals surface area contributed by atoms with Crippen molar-refractivity contribution in [2.75, 3.05) is 21.2 Å². The molecule has 0 aliphatic carbocycles. The van der Waals surface area contributed by atoms with Crippen LogP contribution in [0.5, 0.6) is 0 Å². The topological polar surface area (TPSA) is 115 Å². The van der Waals surface area contributed by atoms with Crippen molar-refractivity contribution in [1.82, 2.24) is 0 Å². The van der Waals surface area contributed by atoms with Gasteiger partial charge in [0.25, 0.3) is 21.9 Å². The van der Waals surface area contributed by atoms with E-state index in [0.717, 1.165) is 51.9 Å². The molecule has 2 heterocycles.